The Morgan fingerprint density at radius 2 is 2.11 bits per heavy atom. The van der Waals surface area contributed by atoms with Gasteiger partial charge in [-0.3, -0.25) is 10.1 Å². The van der Waals surface area contributed by atoms with Crippen molar-refractivity contribution in [3.63, 3.8) is 0 Å². The van der Waals surface area contributed by atoms with Crippen LogP contribution < -0.4 is 0 Å². The van der Waals surface area contributed by atoms with E-state index in [0.717, 1.165) is 5.56 Å². The molecule has 0 fully saturated rings. The molecule has 0 aliphatic heterocycles. The molecule has 5 nitrogen and oxygen atoms in total. The molecule has 0 N–H and O–H groups in total. The second kappa shape index (κ2) is 7.50. The summed E-state index contributed by atoms with van der Waals surface area (Å²) >= 11 is 1.19. The minimum absolute atomic E-state index is 0.118. The number of rotatable bonds is 6. The number of benzene rings is 1. The van der Waals surface area contributed by atoms with Gasteiger partial charge in [-0.05, 0) is 12.5 Å². The fourth-order valence-electron chi connectivity index (χ4n) is 1.16. The van der Waals surface area contributed by atoms with Gasteiger partial charge >= 0.3 is 11.7 Å². The molecule has 0 bridgehead atoms. The lowest BCUT2D eigenvalue weighted by atomic mass is 10.2. The molecule has 0 saturated carbocycles. The van der Waals surface area contributed by atoms with Crippen LogP contribution in [0.4, 0.5) is 0 Å². The molecule has 0 radical (unpaired) electrons. The summed E-state index contributed by atoms with van der Waals surface area (Å²) in [5.74, 6) is -0.333. The van der Waals surface area contributed by atoms with Crippen LogP contribution in [0, 0.1) is 10.1 Å². The average molecular weight is 267 g/mol. The smallest absolute Gasteiger partial charge is 0.410 e. The maximum absolute atomic E-state index is 11.3. The molecule has 0 aliphatic rings. The van der Waals surface area contributed by atoms with Gasteiger partial charge < -0.3 is 4.74 Å². The average Bonchev–Trinajstić information content (AvgIpc) is 2.35. The summed E-state index contributed by atoms with van der Waals surface area (Å²) in [7, 11) is 0. The van der Waals surface area contributed by atoms with E-state index in [9.17, 15) is 14.9 Å². The molecule has 0 unspecified atom stereocenters. The summed E-state index contributed by atoms with van der Waals surface area (Å²) in [6, 6.07) is 9.50. The van der Waals surface area contributed by atoms with Crippen molar-refractivity contribution in [3.05, 3.63) is 57.1 Å². The van der Waals surface area contributed by atoms with Crippen molar-refractivity contribution in [1.82, 2.24) is 0 Å². The topological polar surface area (TPSA) is 69.4 Å². The molecule has 0 aromatic heterocycles. The van der Waals surface area contributed by atoms with Gasteiger partial charge in [0.1, 0.15) is 0 Å². The molecule has 0 aliphatic carbocycles. The van der Waals surface area contributed by atoms with Crippen molar-refractivity contribution in [2.24, 2.45) is 0 Å². The van der Waals surface area contributed by atoms with Gasteiger partial charge in [0.15, 0.2) is 0 Å². The quantitative estimate of drug-likeness (QED) is 0.343. The van der Waals surface area contributed by atoms with Crippen molar-refractivity contribution < 1.29 is 14.5 Å². The highest BCUT2D eigenvalue weighted by molar-refractivity contribution is 8.01. The predicted octanol–water partition coefficient (Wildman–Crippen LogP) is 2.60. The van der Waals surface area contributed by atoms with E-state index < -0.39 is 16.6 Å². The Morgan fingerprint density at radius 3 is 2.67 bits per heavy atom. The molecular formula is C12H13NO4S. The monoisotopic (exact) mass is 267 g/mol. The summed E-state index contributed by atoms with van der Waals surface area (Å²) < 4.78 is 4.61. The zero-order valence-corrected chi connectivity index (χ0v) is 10.7. The van der Waals surface area contributed by atoms with Gasteiger partial charge in [0.25, 0.3) is 0 Å². The molecule has 0 atom stereocenters. The number of thioether (sulfide) groups is 1. The van der Waals surface area contributed by atoms with E-state index in [0.29, 0.717) is 5.75 Å². The zero-order valence-electron chi connectivity index (χ0n) is 9.87. The summed E-state index contributed by atoms with van der Waals surface area (Å²) in [5.41, 5.74) is 0.503. The van der Waals surface area contributed by atoms with E-state index in [1.165, 1.54) is 17.2 Å². The molecule has 1 aromatic rings. The molecule has 0 spiro atoms. The number of ether oxygens (including phenoxy) is 1. The molecule has 18 heavy (non-hydrogen) atoms. The van der Waals surface area contributed by atoms with E-state index >= 15 is 0 Å². The zero-order chi connectivity index (χ0) is 13.4. The van der Waals surface area contributed by atoms with Gasteiger partial charge in [-0.25, -0.2) is 4.79 Å². The largest absolute Gasteiger partial charge is 0.458 e. The van der Waals surface area contributed by atoms with Gasteiger partial charge in [-0.2, -0.15) is 0 Å². The molecule has 6 heteroatoms. The summed E-state index contributed by atoms with van der Waals surface area (Å²) in [6.07, 6.45) is 0. The third kappa shape index (κ3) is 4.58. The number of nitro groups is 1. The van der Waals surface area contributed by atoms with E-state index in [2.05, 4.69) is 4.74 Å². The van der Waals surface area contributed by atoms with Crippen LogP contribution in [-0.2, 0) is 15.3 Å². The van der Waals surface area contributed by atoms with Crippen LogP contribution in [0.25, 0.3) is 0 Å². The van der Waals surface area contributed by atoms with Crippen LogP contribution in [0.15, 0.2) is 41.4 Å². The number of nitrogens with zero attached hydrogens (tertiary/aromatic N) is 1. The highest BCUT2D eigenvalue weighted by Crippen LogP contribution is 2.16. The van der Waals surface area contributed by atoms with Crippen molar-refractivity contribution in [1.29, 1.82) is 0 Å². The summed E-state index contributed by atoms with van der Waals surface area (Å²) in [6.45, 7) is 1.72. The van der Waals surface area contributed by atoms with Crippen LogP contribution in [0.5, 0.6) is 0 Å². The first kappa shape index (κ1) is 14.2. The second-order valence-electron chi connectivity index (χ2n) is 3.28. The Hall–Kier alpha value is -1.82. The fraction of sp³-hybridized carbons (Fsp3) is 0.250. The standard InChI is InChI=1S/C12H13NO4S/c1-2-17-12(14)11(13(15)16)9-18-8-10-6-4-3-5-7-10/h3-7,9H,2,8H2,1H3/b11-9+. The SMILES string of the molecule is CCOC(=O)/C(=C\SCc1ccccc1)[N+](=O)[O-]. The Bertz CT molecular complexity index is 445. The Balaban J connectivity index is 2.61. The van der Waals surface area contributed by atoms with Crippen molar-refractivity contribution in [2.45, 2.75) is 12.7 Å². The van der Waals surface area contributed by atoms with Crippen molar-refractivity contribution in [2.75, 3.05) is 6.61 Å². The van der Waals surface area contributed by atoms with Crippen molar-refractivity contribution in [3.8, 4) is 0 Å². The predicted molar refractivity (Wildman–Crippen MR) is 69.4 cm³/mol. The van der Waals surface area contributed by atoms with Crippen molar-refractivity contribution >= 4 is 17.7 Å². The van der Waals surface area contributed by atoms with Gasteiger partial charge in [0.2, 0.25) is 0 Å². The fourth-order valence-corrected chi connectivity index (χ4v) is 1.97. The normalized spacial score (nSPS) is 11.1. The van der Waals surface area contributed by atoms with Gasteiger partial charge in [0.05, 0.1) is 16.9 Å². The molecule has 0 amide bonds. The first-order chi connectivity index (χ1) is 8.65. The van der Waals surface area contributed by atoms with E-state index in [1.807, 2.05) is 30.3 Å². The summed E-state index contributed by atoms with van der Waals surface area (Å²) in [4.78, 5) is 21.2. The lowest BCUT2D eigenvalue weighted by Crippen LogP contribution is -2.14. The van der Waals surface area contributed by atoms with Crippen LogP contribution in [0.1, 0.15) is 12.5 Å². The Kier molecular flexibility index (Phi) is 5.93. The van der Waals surface area contributed by atoms with Gasteiger partial charge in [0, 0.05) is 5.75 Å². The maximum Gasteiger partial charge on any atom is 0.410 e. The molecular weight excluding hydrogens is 254 g/mol. The number of hydrogen-bond acceptors (Lipinski definition) is 5. The molecule has 0 heterocycles. The van der Waals surface area contributed by atoms with Crippen LogP contribution in [0.2, 0.25) is 0 Å². The van der Waals surface area contributed by atoms with Gasteiger partial charge in [-0.15, -0.1) is 11.8 Å². The third-order valence-corrected chi connectivity index (χ3v) is 2.86. The third-order valence-electron chi connectivity index (χ3n) is 1.97. The van der Waals surface area contributed by atoms with E-state index in [4.69, 9.17) is 0 Å². The summed E-state index contributed by atoms with van der Waals surface area (Å²) in [5, 5.41) is 11.9. The maximum atomic E-state index is 11.3. The molecule has 1 rings (SSSR count). The number of hydrogen-bond donors (Lipinski definition) is 0. The number of carbonyl (C=O) groups is 1. The Labute approximate surface area is 109 Å². The van der Waals surface area contributed by atoms with E-state index in [-0.39, 0.29) is 6.61 Å². The highest BCUT2D eigenvalue weighted by Gasteiger charge is 2.22. The van der Waals surface area contributed by atoms with Crippen LogP contribution >= 0.6 is 11.8 Å². The number of esters is 1. The lowest BCUT2D eigenvalue weighted by molar-refractivity contribution is -0.421. The number of carbonyl (C=O) groups excluding carboxylic acids is 1. The van der Waals surface area contributed by atoms with E-state index in [1.54, 1.807) is 6.92 Å². The molecule has 0 saturated heterocycles. The minimum Gasteiger partial charge on any atom is -0.458 e. The van der Waals surface area contributed by atoms with Crippen LogP contribution in [-0.4, -0.2) is 17.5 Å². The minimum atomic E-state index is -0.900. The Morgan fingerprint density at radius 1 is 1.44 bits per heavy atom. The lowest BCUT2D eigenvalue weighted by Gasteiger charge is -1.99. The van der Waals surface area contributed by atoms with Gasteiger partial charge in [-0.1, -0.05) is 30.3 Å². The molecule has 1 aromatic carbocycles. The van der Waals surface area contributed by atoms with Crippen LogP contribution in [0.3, 0.4) is 0 Å². The second-order valence-corrected chi connectivity index (χ2v) is 4.13. The highest BCUT2D eigenvalue weighted by atomic mass is 32.2. The first-order valence-electron chi connectivity index (χ1n) is 5.32. The first-order valence-corrected chi connectivity index (χ1v) is 6.37. The molecule has 96 valence electrons.